The van der Waals surface area contributed by atoms with Crippen molar-refractivity contribution >= 4 is 45.3 Å². The van der Waals surface area contributed by atoms with Gasteiger partial charge in [0, 0.05) is 23.5 Å². The third kappa shape index (κ3) is 10.7. The first-order valence-corrected chi connectivity index (χ1v) is 20.4. The highest BCUT2D eigenvalue weighted by atomic mass is 19.4. The van der Waals surface area contributed by atoms with Crippen LogP contribution in [-0.2, 0) is 0 Å². The zero-order valence-corrected chi connectivity index (χ0v) is 34.7. The first kappa shape index (κ1) is 42.7. The van der Waals surface area contributed by atoms with Crippen LogP contribution in [0.1, 0.15) is 92.2 Å². The standard InChI is InChI=1S/2C23H26F3N3O/c2*1-15-12-17(14-22(2,3)13-15)29-20-7-5-4-6-19(20)28-21(29)27-16-8-10-18(11-9-16)30-23(24,25)26/h2*4-11,15,17H,12-14H2,1-3H3,(H,27,28)/t2*15-,17+/m10/s1. The molecule has 14 heteroatoms. The van der Waals surface area contributed by atoms with Crippen LogP contribution in [0.3, 0.4) is 0 Å². The van der Waals surface area contributed by atoms with Gasteiger partial charge in [0.25, 0.3) is 0 Å². The predicted molar refractivity (Wildman–Crippen MR) is 224 cm³/mol. The molecule has 2 fully saturated rings. The minimum Gasteiger partial charge on any atom is -0.406 e. The van der Waals surface area contributed by atoms with Crippen LogP contribution in [0.2, 0.25) is 0 Å². The van der Waals surface area contributed by atoms with Crippen LogP contribution in [0.4, 0.5) is 49.6 Å². The number of halogens is 6. The van der Waals surface area contributed by atoms with E-state index in [1.807, 2.05) is 36.4 Å². The summed E-state index contributed by atoms with van der Waals surface area (Å²) in [5.41, 5.74) is 5.71. The Labute approximate surface area is 346 Å². The van der Waals surface area contributed by atoms with Gasteiger partial charge in [-0.15, -0.1) is 26.3 Å². The lowest BCUT2D eigenvalue weighted by Gasteiger charge is -2.40. The van der Waals surface area contributed by atoms with Gasteiger partial charge in [-0.25, -0.2) is 9.97 Å². The first-order valence-electron chi connectivity index (χ1n) is 20.4. The fourth-order valence-corrected chi connectivity index (χ4v) is 9.73. The number of benzene rings is 4. The lowest BCUT2D eigenvalue weighted by Crippen LogP contribution is -2.29. The lowest BCUT2D eigenvalue weighted by atomic mass is 9.70. The fourth-order valence-electron chi connectivity index (χ4n) is 9.73. The van der Waals surface area contributed by atoms with Crippen molar-refractivity contribution in [2.24, 2.45) is 22.7 Å². The van der Waals surface area contributed by atoms with Crippen molar-refractivity contribution in [3.05, 3.63) is 97.1 Å². The molecule has 8 rings (SSSR count). The van der Waals surface area contributed by atoms with Crippen LogP contribution in [0.5, 0.6) is 11.5 Å². The molecule has 2 aliphatic rings. The molecule has 2 aliphatic carbocycles. The molecule has 4 aromatic carbocycles. The molecule has 0 radical (unpaired) electrons. The third-order valence-corrected chi connectivity index (χ3v) is 11.3. The van der Waals surface area contributed by atoms with E-state index in [-0.39, 0.29) is 22.3 Å². The van der Waals surface area contributed by atoms with Crippen molar-refractivity contribution in [3.63, 3.8) is 0 Å². The minimum absolute atomic E-state index is 0.238. The Morgan fingerprint density at radius 2 is 0.883 bits per heavy atom. The molecule has 0 spiro atoms. The zero-order valence-electron chi connectivity index (χ0n) is 34.7. The van der Waals surface area contributed by atoms with Gasteiger partial charge in [0.15, 0.2) is 0 Å². The van der Waals surface area contributed by atoms with Gasteiger partial charge < -0.3 is 29.2 Å². The van der Waals surface area contributed by atoms with E-state index >= 15 is 0 Å². The Hall–Kier alpha value is -5.40. The topological polar surface area (TPSA) is 78.2 Å². The average Bonchev–Trinajstić information content (AvgIpc) is 3.68. The summed E-state index contributed by atoms with van der Waals surface area (Å²) in [6.07, 6.45) is -2.79. The minimum atomic E-state index is -4.70. The number of nitrogens with one attached hydrogen (secondary N) is 2. The molecule has 2 saturated carbocycles. The molecule has 0 saturated heterocycles. The quantitative estimate of drug-likeness (QED) is 0.149. The molecular weight excluding hydrogens is 783 g/mol. The molecule has 0 bridgehead atoms. The monoisotopic (exact) mass is 834 g/mol. The van der Waals surface area contributed by atoms with Gasteiger partial charge in [0.2, 0.25) is 11.9 Å². The Morgan fingerprint density at radius 1 is 0.533 bits per heavy atom. The van der Waals surface area contributed by atoms with Gasteiger partial charge in [-0.1, -0.05) is 65.8 Å². The maximum atomic E-state index is 12.4. The number of anilines is 4. The largest absolute Gasteiger partial charge is 0.573 e. The molecule has 8 nitrogen and oxygen atoms in total. The predicted octanol–water partition coefficient (Wildman–Crippen LogP) is 14.1. The summed E-state index contributed by atoms with van der Waals surface area (Å²) < 4.78 is 86.9. The van der Waals surface area contributed by atoms with E-state index in [4.69, 9.17) is 9.97 Å². The molecule has 0 amide bonds. The molecule has 4 atom stereocenters. The number of rotatable bonds is 8. The molecule has 60 heavy (non-hydrogen) atoms. The number of ether oxygens (including phenoxy) is 2. The van der Waals surface area contributed by atoms with E-state index in [0.717, 1.165) is 47.8 Å². The molecule has 2 N–H and O–H groups in total. The van der Waals surface area contributed by atoms with Gasteiger partial charge in [-0.05, 0) is 134 Å². The Bertz CT molecular complexity index is 2220. The number of nitrogens with zero attached hydrogens (tertiary/aromatic N) is 4. The van der Waals surface area contributed by atoms with Crippen molar-refractivity contribution in [2.75, 3.05) is 10.6 Å². The summed E-state index contributed by atoms with van der Waals surface area (Å²) in [4.78, 5) is 9.56. The number of para-hydroxylation sites is 4. The van der Waals surface area contributed by atoms with E-state index < -0.39 is 12.7 Å². The van der Waals surface area contributed by atoms with Gasteiger partial charge in [-0.3, -0.25) is 0 Å². The second-order valence-corrected chi connectivity index (χ2v) is 18.1. The number of imidazole rings is 2. The van der Waals surface area contributed by atoms with Gasteiger partial charge >= 0.3 is 12.7 Å². The molecule has 2 aromatic heterocycles. The number of fused-ring (bicyclic) bond motifs is 2. The summed E-state index contributed by atoms with van der Waals surface area (Å²) in [7, 11) is 0. The van der Waals surface area contributed by atoms with Crippen molar-refractivity contribution in [1.82, 2.24) is 19.1 Å². The number of hydrogen-bond acceptors (Lipinski definition) is 6. The fraction of sp³-hybridized carbons (Fsp3) is 0.435. The molecule has 2 heterocycles. The summed E-state index contributed by atoms with van der Waals surface area (Å²) in [5.74, 6) is 2.12. The SMILES string of the molecule is C[C@@H]1C[C@H](n2c(Nc3ccc(OC(F)(F)F)cc3)nc3ccccc32)CC(C)(C)C1.C[C@H]1C[C@@H](n2c(Nc3ccc(OC(F)(F)F)cc3)nc3ccccc32)CC(C)(C)C1. The Morgan fingerprint density at radius 3 is 1.22 bits per heavy atom. The number of alkyl halides is 6. The molecular formula is C46H52F6N6O2. The zero-order chi connectivity index (χ0) is 43.0. The van der Waals surface area contributed by atoms with Crippen LogP contribution in [0.25, 0.3) is 22.1 Å². The van der Waals surface area contributed by atoms with Crippen LogP contribution >= 0.6 is 0 Å². The Balaban J connectivity index is 0.000000181. The first-order chi connectivity index (χ1) is 28.2. The van der Waals surface area contributed by atoms with Crippen LogP contribution in [0, 0.1) is 22.7 Å². The highest BCUT2D eigenvalue weighted by Crippen LogP contribution is 2.47. The number of hydrogen-bond donors (Lipinski definition) is 2. The van der Waals surface area contributed by atoms with Crippen LogP contribution < -0.4 is 20.1 Å². The van der Waals surface area contributed by atoms with Crippen molar-refractivity contribution in [2.45, 2.75) is 105 Å². The van der Waals surface area contributed by atoms with Crippen molar-refractivity contribution in [1.29, 1.82) is 0 Å². The summed E-state index contributed by atoms with van der Waals surface area (Å²) in [6, 6.07) is 28.1. The van der Waals surface area contributed by atoms with Crippen molar-refractivity contribution < 1.29 is 35.8 Å². The van der Waals surface area contributed by atoms with E-state index in [2.05, 4.69) is 82.9 Å². The normalized spacial score (nSPS) is 21.5. The highest BCUT2D eigenvalue weighted by molar-refractivity contribution is 5.81. The third-order valence-electron chi connectivity index (χ3n) is 11.3. The van der Waals surface area contributed by atoms with E-state index in [9.17, 15) is 26.3 Å². The Kier molecular flexibility index (Phi) is 11.8. The molecule has 0 aliphatic heterocycles. The number of aromatic nitrogens is 4. The maximum Gasteiger partial charge on any atom is 0.573 e. The van der Waals surface area contributed by atoms with Gasteiger partial charge in [-0.2, -0.15) is 0 Å². The maximum absolute atomic E-state index is 12.4. The van der Waals surface area contributed by atoms with Gasteiger partial charge in [0.1, 0.15) is 11.5 Å². The lowest BCUT2D eigenvalue weighted by molar-refractivity contribution is -0.275. The molecule has 320 valence electrons. The van der Waals surface area contributed by atoms with Crippen LogP contribution in [-0.4, -0.2) is 31.8 Å². The van der Waals surface area contributed by atoms with Gasteiger partial charge in [0.05, 0.1) is 22.1 Å². The smallest absolute Gasteiger partial charge is 0.406 e. The summed E-state index contributed by atoms with van der Waals surface area (Å²) in [6.45, 7) is 13.8. The van der Waals surface area contributed by atoms with E-state index in [0.29, 0.717) is 47.2 Å². The van der Waals surface area contributed by atoms with Crippen LogP contribution in [0.15, 0.2) is 97.1 Å². The van der Waals surface area contributed by atoms with E-state index in [1.165, 1.54) is 37.1 Å². The summed E-state index contributed by atoms with van der Waals surface area (Å²) >= 11 is 0. The summed E-state index contributed by atoms with van der Waals surface area (Å²) in [5, 5.41) is 6.61. The second-order valence-electron chi connectivity index (χ2n) is 18.1. The molecule has 6 aromatic rings. The average molecular weight is 835 g/mol. The van der Waals surface area contributed by atoms with E-state index in [1.54, 1.807) is 24.3 Å². The second kappa shape index (κ2) is 16.6. The highest BCUT2D eigenvalue weighted by Gasteiger charge is 2.36. The molecule has 0 unspecified atom stereocenters. The van der Waals surface area contributed by atoms with Crippen molar-refractivity contribution in [3.8, 4) is 11.5 Å².